The molecule has 0 unspecified atom stereocenters. The summed E-state index contributed by atoms with van der Waals surface area (Å²) >= 11 is 1.39. The maximum absolute atomic E-state index is 12.6. The summed E-state index contributed by atoms with van der Waals surface area (Å²) in [7, 11) is 0. The van der Waals surface area contributed by atoms with Crippen molar-refractivity contribution >= 4 is 28.8 Å². The van der Waals surface area contributed by atoms with Gasteiger partial charge in [-0.3, -0.25) is 9.59 Å². The van der Waals surface area contributed by atoms with Gasteiger partial charge in [0, 0.05) is 22.6 Å². The van der Waals surface area contributed by atoms with Gasteiger partial charge in [-0.1, -0.05) is 0 Å². The van der Waals surface area contributed by atoms with Gasteiger partial charge in [-0.05, 0) is 61.7 Å². The number of nitrogens with zero attached hydrogens (tertiary/aromatic N) is 1. The normalized spacial score (nSPS) is 10.6. The van der Waals surface area contributed by atoms with Crippen molar-refractivity contribution in [2.24, 2.45) is 5.73 Å². The Morgan fingerprint density at radius 2 is 1.62 bits per heavy atom. The van der Waals surface area contributed by atoms with Crippen LogP contribution in [0.4, 0.5) is 5.69 Å². The second kappa shape index (κ2) is 6.33. The van der Waals surface area contributed by atoms with Crippen molar-refractivity contribution in [2.45, 2.75) is 13.8 Å². The molecule has 3 aromatic rings. The molecule has 0 saturated heterocycles. The summed E-state index contributed by atoms with van der Waals surface area (Å²) < 4.78 is 2.06. The van der Waals surface area contributed by atoms with Gasteiger partial charge in [0.25, 0.3) is 5.91 Å². The Hall–Kier alpha value is -2.86. The van der Waals surface area contributed by atoms with Gasteiger partial charge < -0.3 is 15.6 Å². The molecule has 122 valence electrons. The van der Waals surface area contributed by atoms with Crippen LogP contribution in [0.15, 0.2) is 47.8 Å². The third-order valence-corrected chi connectivity index (χ3v) is 4.69. The number of primary amides is 1. The number of nitrogens with two attached hydrogens (primary N) is 1. The van der Waals surface area contributed by atoms with E-state index in [-0.39, 0.29) is 5.91 Å². The molecule has 0 fully saturated rings. The van der Waals surface area contributed by atoms with E-state index in [1.807, 2.05) is 37.4 Å². The van der Waals surface area contributed by atoms with Crippen LogP contribution in [0.25, 0.3) is 5.69 Å². The lowest BCUT2D eigenvalue weighted by atomic mass is 10.2. The third-order valence-electron chi connectivity index (χ3n) is 3.79. The zero-order chi connectivity index (χ0) is 17.3. The summed E-state index contributed by atoms with van der Waals surface area (Å²) in [5, 5.41) is 4.76. The lowest BCUT2D eigenvalue weighted by Crippen LogP contribution is -2.14. The van der Waals surface area contributed by atoms with Gasteiger partial charge in [-0.2, -0.15) is 0 Å². The van der Waals surface area contributed by atoms with Gasteiger partial charge >= 0.3 is 0 Å². The van der Waals surface area contributed by atoms with E-state index in [0.717, 1.165) is 17.1 Å². The standard InChI is InChI=1S/C18H17N3O2S/c1-11-3-4-12(2)21(11)15-9-10-24-16(15)18(23)20-14-7-5-13(6-8-14)17(19)22/h3-10H,1-2H3,(H2,19,22)(H,20,23). The fraction of sp³-hybridized carbons (Fsp3) is 0.111. The molecule has 1 aromatic carbocycles. The Morgan fingerprint density at radius 3 is 2.21 bits per heavy atom. The first kappa shape index (κ1) is 16.0. The van der Waals surface area contributed by atoms with Crippen molar-refractivity contribution in [3.05, 3.63) is 69.7 Å². The van der Waals surface area contributed by atoms with Gasteiger partial charge in [-0.25, -0.2) is 0 Å². The van der Waals surface area contributed by atoms with Crippen molar-refractivity contribution in [1.82, 2.24) is 4.57 Å². The molecule has 24 heavy (non-hydrogen) atoms. The molecule has 0 saturated carbocycles. The average molecular weight is 339 g/mol. The largest absolute Gasteiger partial charge is 0.366 e. The van der Waals surface area contributed by atoms with Gasteiger partial charge in [0.2, 0.25) is 5.91 Å². The first-order valence-electron chi connectivity index (χ1n) is 7.41. The highest BCUT2D eigenvalue weighted by Gasteiger charge is 2.17. The van der Waals surface area contributed by atoms with Crippen molar-refractivity contribution in [2.75, 3.05) is 5.32 Å². The number of carbonyl (C=O) groups is 2. The van der Waals surface area contributed by atoms with Crippen LogP contribution in [0.5, 0.6) is 0 Å². The first-order chi connectivity index (χ1) is 11.5. The van der Waals surface area contributed by atoms with Crippen molar-refractivity contribution in [1.29, 1.82) is 0 Å². The molecule has 2 amide bonds. The van der Waals surface area contributed by atoms with Crippen LogP contribution >= 0.6 is 11.3 Å². The Balaban J connectivity index is 1.87. The topological polar surface area (TPSA) is 77.1 Å². The maximum atomic E-state index is 12.6. The van der Waals surface area contributed by atoms with Crippen LogP contribution in [-0.4, -0.2) is 16.4 Å². The Morgan fingerprint density at radius 1 is 1.00 bits per heavy atom. The van der Waals surface area contributed by atoms with Crippen molar-refractivity contribution < 1.29 is 9.59 Å². The van der Waals surface area contributed by atoms with Crippen molar-refractivity contribution in [3.8, 4) is 5.69 Å². The highest BCUT2D eigenvalue weighted by molar-refractivity contribution is 7.12. The van der Waals surface area contributed by atoms with E-state index >= 15 is 0 Å². The lowest BCUT2D eigenvalue weighted by molar-refractivity contribution is 0.0998. The number of hydrogen-bond donors (Lipinski definition) is 2. The summed E-state index contributed by atoms with van der Waals surface area (Å²) in [6.07, 6.45) is 0. The van der Waals surface area contributed by atoms with Gasteiger partial charge in [0.1, 0.15) is 4.88 Å². The molecule has 0 aliphatic rings. The number of anilines is 1. The summed E-state index contributed by atoms with van der Waals surface area (Å²) in [5.74, 6) is -0.675. The van der Waals surface area contributed by atoms with Crippen LogP contribution in [-0.2, 0) is 0 Å². The highest BCUT2D eigenvalue weighted by atomic mass is 32.1. The Labute approximate surface area is 143 Å². The Bertz CT molecular complexity index is 887. The van der Waals surface area contributed by atoms with Gasteiger partial charge in [0.05, 0.1) is 5.69 Å². The molecule has 2 heterocycles. The summed E-state index contributed by atoms with van der Waals surface area (Å²) in [4.78, 5) is 24.4. The minimum absolute atomic E-state index is 0.181. The molecule has 3 rings (SSSR count). The molecule has 0 aliphatic heterocycles. The fourth-order valence-electron chi connectivity index (χ4n) is 2.60. The molecule has 0 atom stereocenters. The fourth-order valence-corrected chi connectivity index (χ4v) is 3.37. The van der Waals surface area contributed by atoms with Crippen LogP contribution in [0.1, 0.15) is 31.4 Å². The number of aromatic nitrogens is 1. The minimum Gasteiger partial charge on any atom is -0.366 e. The van der Waals surface area contributed by atoms with Crippen molar-refractivity contribution in [3.63, 3.8) is 0 Å². The molecule has 0 spiro atoms. The molecule has 0 bridgehead atoms. The predicted molar refractivity (Wildman–Crippen MR) is 96.0 cm³/mol. The van der Waals surface area contributed by atoms with E-state index in [0.29, 0.717) is 16.1 Å². The number of aryl methyl sites for hydroxylation is 2. The molecule has 6 heteroatoms. The predicted octanol–water partition coefficient (Wildman–Crippen LogP) is 3.51. The summed E-state index contributed by atoms with van der Waals surface area (Å²) in [5.41, 5.74) is 9.26. The third kappa shape index (κ3) is 2.96. The number of benzene rings is 1. The number of rotatable bonds is 4. The number of thiophene rings is 1. The molecular formula is C18H17N3O2S. The zero-order valence-corrected chi connectivity index (χ0v) is 14.2. The Kier molecular flexibility index (Phi) is 4.22. The highest BCUT2D eigenvalue weighted by Crippen LogP contribution is 2.26. The second-order valence-electron chi connectivity index (χ2n) is 5.48. The minimum atomic E-state index is -0.494. The van der Waals surface area contributed by atoms with E-state index in [1.165, 1.54) is 11.3 Å². The second-order valence-corrected chi connectivity index (χ2v) is 6.40. The van der Waals surface area contributed by atoms with E-state index in [1.54, 1.807) is 24.3 Å². The lowest BCUT2D eigenvalue weighted by Gasteiger charge is -2.11. The van der Waals surface area contributed by atoms with E-state index in [4.69, 9.17) is 5.73 Å². The summed E-state index contributed by atoms with van der Waals surface area (Å²) in [6.45, 7) is 4.02. The summed E-state index contributed by atoms with van der Waals surface area (Å²) in [6, 6.07) is 12.5. The molecular weight excluding hydrogens is 322 g/mol. The van der Waals surface area contributed by atoms with Crippen LogP contribution in [0.3, 0.4) is 0 Å². The molecule has 0 aliphatic carbocycles. The molecule has 2 aromatic heterocycles. The zero-order valence-electron chi connectivity index (χ0n) is 13.4. The SMILES string of the molecule is Cc1ccc(C)n1-c1ccsc1C(=O)Nc1ccc(C(N)=O)cc1. The van der Waals surface area contributed by atoms with Crippen LogP contribution in [0, 0.1) is 13.8 Å². The monoisotopic (exact) mass is 339 g/mol. The maximum Gasteiger partial charge on any atom is 0.267 e. The number of nitrogens with one attached hydrogen (secondary N) is 1. The number of carbonyl (C=O) groups excluding carboxylic acids is 2. The quantitative estimate of drug-likeness (QED) is 0.763. The number of hydrogen-bond acceptors (Lipinski definition) is 3. The average Bonchev–Trinajstić information content (AvgIpc) is 3.14. The van der Waals surface area contributed by atoms with Gasteiger partial charge in [-0.15, -0.1) is 11.3 Å². The van der Waals surface area contributed by atoms with Crippen LogP contribution < -0.4 is 11.1 Å². The molecule has 0 radical (unpaired) electrons. The van der Waals surface area contributed by atoms with Gasteiger partial charge in [0.15, 0.2) is 0 Å². The van der Waals surface area contributed by atoms with E-state index in [9.17, 15) is 9.59 Å². The molecule has 5 nitrogen and oxygen atoms in total. The van der Waals surface area contributed by atoms with E-state index in [2.05, 4.69) is 9.88 Å². The smallest absolute Gasteiger partial charge is 0.267 e. The first-order valence-corrected chi connectivity index (χ1v) is 8.29. The van der Waals surface area contributed by atoms with Crippen LogP contribution in [0.2, 0.25) is 0 Å². The molecule has 3 N–H and O–H groups in total. The van der Waals surface area contributed by atoms with E-state index < -0.39 is 5.91 Å². The number of amides is 2.